The van der Waals surface area contributed by atoms with E-state index in [0.29, 0.717) is 16.8 Å². The highest BCUT2D eigenvalue weighted by atomic mass is 16.3. The van der Waals surface area contributed by atoms with Crippen LogP contribution < -0.4 is 5.73 Å². The molecule has 0 spiro atoms. The zero-order valence-electron chi connectivity index (χ0n) is 11.1. The molecule has 1 aromatic heterocycles. The van der Waals surface area contributed by atoms with Crippen LogP contribution in [0.2, 0.25) is 0 Å². The fourth-order valence-electron chi connectivity index (χ4n) is 1.86. The molecule has 0 radical (unpaired) electrons. The standard InChI is InChI=1S/C16H13N3O2/c17-10-14-11(4-1-2-7-20)9-15(19-16(14)18)12-5-3-6-13(21)8-12/h1-9,20-21H,(H2,18,19)/b4-1+,7-2-. The van der Waals surface area contributed by atoms with Crippen molar-refractivity contribution in [2.24, 2.45) is 0 Å². The number of aromatic hydroxyl groups is 1. The second-order valence-corrected chi connectivity index (χ2v) is 4.22. The second kappa shape index (κ2) is 6.26. The Labute approximate surface area is 121 Å². The van der Waals surface area contributed by atoms with Crippen LogP contribution in [0.1, 0.15) is 11.1 Å². The number of nitrogens with zero attached hydrogens (tertiary/aromatic N) is 2. The Hall–Kier alpha value is -3.26. The maximum Gasteiger partial charge on any atom is 0.142 e. The van der Waals surface area contributed by atoms with Gasteiger partial charge in [-0.05, 0) is 29.8 Å². The van der Waals surface area contributed by atoms with E-state index in [-0.39, 0.29) is 17.1 Å². The Morgan fingerprint density at radius 1 is 1.24 bits per heavy atom. The monoisotopic (exact) mass is 279 g/mol. The number of nitriles is 1. The van der Waals surface area contributed by atoms with Gasteiger partial charge >= 0.3 is 0 Å². The van der Waals surface area contributed by atoms with Crippen molar-refractivity contribution in [2.45, 2.75) is 0 Å². The minimum atomic E-state index is 0.117. The number of allylic oxidation sites excluding steroid dienone is 2. The normalized spacial score (nSPS) is 11.0. The van der Waals surface area contributed by atoms with Gasteiger partial charge in [0.25, 0.3) is 0 Å². The molecular weight excluding hydrogens is 266 g/mol. The smallest absolute Gasteiger partial charge is 0.142 e. The summed E-state index contributed by atoms with van der Waals surface area (Å²) in [6.45, 7) is 0. The molecule has 0 amide bonds. The van der Waals surface area contributed by atoms with Gasteiger partial charge in [-0.1, -0.05) is 24.3 Å². The van der Waals surface area contributed by atoms with Gasteiger partial charge in [-0.15, -0.1) is 0 Å². The summed E-state index contributed by atoms with van der Waals surface area (Å²) in [5.41, 5.74) is 7.91. The molecule has 2 rings (SSSR count). The first kappa shape index (κ1) is 14.2. The molecule has 0 aliphatic rings. The summed E-state index contributed by atoms with van der Waals surface area (Å²) in [7, 11) is 0. The SMILES string of the molecule is N#Cc1c(/C=C/C=C\O)cc(-c2cccc(O)c2)nc1N. The van der Waals surface area contributed by atoms with Crippen molar-refractivity contribution in [3.63, 3.8) is 0 Å². The van der Waals surface area contributed by atoms with Crippen LogP contribution in [0.3, 0.4) is 0 Å². The fourth-order valence-corrected chi connectivity index (χ4v) is 1.86. The molecule has 21 heavy (non-hydrogen) atoms. The van der Waals surface area contributed by atoms with E-state index in [9.17, 15) is 5.11 Å². The van der Waals surface area contributed by atoms with Crippen LogP contribution in [0.15, 0.2) is 48.7 Å². The molecule has 0 fully saturated rings. The van der Waals surface area contributed by atoms with Gasteiger partial charge in [0.05, 0.1) is 12.0 Å². The fraction of sp³-hybridized carbons (Fsp3) is 0. The third-order valence-corrected chi connectivity index (χ3v) is 2.80. The highest BCUT2D eigenvalue weighted by Crippen LogP contribution is 2.26. The largest absolute Gasteiger partial charge is 0.516 e. The molecule has 0 bridgehead atoms. The predicted molar refractivity (Wildman–Crippen MR) is 81.3 cm³/mol. The quantitative estimate of drug-likeness (QED) is 0.592. The first-order valence-corrected chi connectivity index (χ1v) is 6.13. The molecule has 0 saturated heterocycles. The van der Waals surface area contributed by atoms with Crippen LogP contribution in [0.25, 0.3) is 17.3 Å². The zero-order valence-corrected chi connectivity index (χ0v) is 11.1. The van der Waals surface area contributed by atoms with Gasteiger partial charge in [-0.25, -0.2) is 4.98 Å². The minimum absolute atomic E-state index is 0.117. The lowest BCUT2D eigenvalue weighted by atomic mass is 10.0. The molecule has 1 aromatic carbocycles. The van der Waals surface area contributed by atoms with Crippen molar-refractivity contribution in [3.05, 3.63) is 59.9 Å². The molecule has 0 unspecified atom stereocenters. The molecule has 0 aliphatic heterocycles. The Balaban J connectivity index is 2.57. The summed E-state index contributed by atoms with van der Waals surface area (Å²) in [6, 6.07) is 10.3. The topological polar surface area (TPSA) is 103 Å². The lowest BCUT2D eigenvalue weighted by molar-refractivity contribution is 0.473. The van der Waals surface area contributed by atoms with Crippen LogP contribution >= 0.6 is 0 Å². The van der Waals surface area contributed by atoms with Crippen LogP contribution in [0, 0.1) is 11.3 Å². The minimum Gasteiger partial charge on any atom is -0.516 e. The van der Waals surface area contributed by atoms with E-state index in [4.69, 9.17) is 16.1 Å². The highest BCUT2D eigenvalue weighted by Gasteiger charge is 2.10. The number of hydrogen-bond acceptors (Lipinski definition) is 5. The van der Waals surface area contributed by atoms with E-state index in [1.807, 2.05) is 6.07 Å². The predicted octanol–water partition coefficient (Wildman–Crippen LogP) is 2.99. The molecule has 1 heterocycles. The molecule has 2 aromatic rings. The molecule has 0 aliphatic carbocycles. The van der Waals surface area contributed by atoms with Gasteiger partial charge in [0.2, 0.25) is 0 Å². The summed E-state index contributed by atoms with van der Waals surface area (Å²) in [4.78, 5) is 4.19. The van der Waals surface area contributed by atoms with E-state index < -0.39 is 0 Å². The van der Waals surface area contributed by atoms with E-state index in [2.05, 4.69) is 4.98 Å². The van der Waals surface area contributed by atoms with E-state index in [1.54, 1.807) is 42.5 Å². The van der Waals surface area contributed by atoms with Crippen LogP contribution in [-0.2, 0) is 0 Å². The molecular formula is C16H13N3O2. The van der Waals surface area contributed by atoms with Crippen molar-refractivity contribution < 1.29 is 10.2 Å². The number of nitrogen functional groups attached to an aromatic ring is 1. The average Bonchev–Trinajstić information content (AvgIpc) is 2.47. The van der Waals surface area contributed by atoms with Gasteiger partial charge < -0.3 is 15.9 Å². The lowest BCUT2D eigenvalue weighted by Crippen LogP contribution is -1.99. The number of pyridine rings is 1. The van der Waals surface area contributed by atoms with Crippen LogP contribution in [0.4, 0.5) is 5.82 Å². The summed E-state index contributed by atoms with van der Waals surface area (Å²) < 4.78 is 0. The van der Waals surface area contributed by atoms with Gasteiger partial charge in [0.15, 0.2) is 0 Å². The lowest BCUT2D eigenvalue weighted by Gasteiger charge is -2.07. The van der Waals surface area contributed by atoms with Crippen LogP contribution in [-0.4, -0.2) is 15.2 Å². The summed E-state index contributed by atoms with van der Waals surface area (Å²) in [5, 5.41) is 27.3. The van der Waals surface area contributed by atoms with Crippen molar-refractivity contribution in [2.75, 3.05) is 5.73 Å². The summed E-state index contributed by atoms with van der Waals surface area (Å²) in [6.07, 6.45) is 5.55. The molecule has 0 saturated carbocycles. The summed E-state index contributed by atoms with van der Waals surface area (Å²) in [5.74, 6) is 0.239. The van der Waals surface area contributed by atoms with Gasteiger partial charge in [-0.3, -0.25) is 0 Å². The number of phenolic OH excluding ortho intramolecular Hbond substituents is 1. The van der Waals surface area contributed by atoms with Gasteiger partial charge in [0.1, 0.15) is 23.2 Å². The Morgan fingerprint density at radius 2 is 2.05 bits per heavy atom. The molecule has 5 nitrogen and oxygen atoms in total. The van der Waals surface area contributed by atoms with Gasteiger partial charge in [0, 0.05) is 5.56 Å². The molecule has 4 N–H and O–H groups in total. The first-order valence-electron chi connectivity index (χ1n) is 6.13. The Kier molecular flexibility index (Phi) is 4.22. The highest BCUT2D eigenvalue weighted by molar-refractivity contribution is 5.73. The van der Waals surface area contributed by atoms with Crippen molar-refractivity contribution in [3.8, 4) is 23.1 Å². The zero-order chi connectivity index (χ0) is 15.2. The molecule has 5 heteroatoms. The number of aliphatic hydroxyl groups excluding tert-OH is 1. The second-order valence-electron chi connectivity index (χ2n) is 4.22. The van der Waals surface area contributed by atoms with Crippen LogP contribution in [0.5, 0.6) is 5.75 Å². The van der Waals surface area contributed by atoms with Crippen molar-refractivity contribution in [1.82, 2.24) is 4.98 Å². The number of rotatable bonds is 3. The van der Waals surface area contributed by atoms with Gasteiger partial charge in [-0.2, -0.15) is 5.26 Å². The Bertz CT molecular complexity index is 759. The maximum atomic E-state index is 9.52. The number of aromatic nitrogens is 1. The number of phenols is 1. The first-order chi connectivity index (χ1) is 10.2. The average molecular weight is 279 g/mol. The number of anilines is 1. The third kappa shape index (κ3) is 3.19. The number of nitrogens with two attached hydrogens (primary N) is 1. The molecule has 104 valence electrons. The number of hydrogen-bond donors (Lipinski definition) is 3. The maximum absolute atomic E-state index is 9.52. The molecule has 0 atom stereocenters. The van der Waals surface area contributed by atoms with E-state index in [0.717, 1.165) is 6.26 Å². The Morgan fingerprint density at radius 3 is 2.71 bits per heavy atom. The van der Waals surface area contributed by atoms with Crippen molar-refractivity contribution in [1.29, 1.82) is 5.26 Å². The van der Waals surface area contributed by atoms with Crippen molar-refractivity contribution >= 4 is 11.9 Å². The third-order valence-electron chi connectivity index (χ3n) is 2.80. The number of benzene rings is 1. The van der Waals surface area contributed by atoms with E-state index in [1.165, 1.54) is 6.08 Å². The number of aliphatic hydroxyl groups is 1. The summed E-state index contributed by atoms with van der Waals surface area (Å²) >= 11 is 0. The van der Waals surface area contributed by atoms with E-state index >= 15 is 0 Å².